The number of carbonyl (C=O) groups is 1. The van der Waals surface area contributed by atoms with Gasteiger partial charge in [0, 0.05) is 26.2 Å². The maximum absolute atomic E-state index is 12.3. The largest absolute Gasteiger partial charge is 0.384 e. The van der Waals surface area contributed by atoms with Crippen LogP contribution in [-0.4, -0.2) is 27.1 Å². The highest BCUT2D eigenvalue weighted by molar-refractivity contribution is 5.93. The standard InChI is InChI=1S/C14H18N4O/c1-3-18(10-11-7-5-4-6-8-11)14(19)12-9-13(15)17(2)16-12/h4-9H,3,10,15H2,1-2H3. The highest BCUT2D eigenvalue weighted by Crippen LogP contribution is 2.11. The van der Waals surface area contributed by atoms with Crippen LogP contribution < -0.4 is 5.73 Å². The molecule has 0 atom stereocenters. The zero-order chi connectivity index (χ0) is 13.8. The molecule has 5 nitrogen and oxygen atoms in total. The van der Waals surface area contributed by atoms with Gasteiger partial charge in [-0.25, -0.2) is 0 Å². The van der Waals surface area contributed by atoms with Crippen LogP contribution in [0.2, 0.25) is 0 Å². The number of anilines is 1. The minimum atomic E-state index is -0.0985. The number of aromatic nitrogens is 2. The second-order valence-corrected chi connectivity index (χ2v) is 4.38. The van der Waals surface area contributed by atoms with Crippen LogP contribution in [0.4, 0.5) is 5.82 Å². The van der Waals surface area contributed by atoms with E-state index in [1.807, 2.05) is 37.3 Å². The Morgan fingerprint density at radius 2 is 2.05 bits per heavy atom. The molecule has 0 fully saturated rings. The summed E-state index contributed by atoms with van der Waals surface area (Å²) < 4.78 is 1.50. The molecule has 0 spiro atoms. The lowest BCUT2D eigenvalue weighted by Gasteiger charge is -2.19. The first-order chi connectivity index (χ1) is 9.11. The number of nitrogens with two attached hydrogens (primary N) is 1. The Hall–Kier alpha value is -2.30. The van der Waals surface area contributed by atoms with Gasteiger partial charge in [-0.15, -0.1) is 0 Å². The minimum Gasteiger partial charge on any atom is -0.384 e. The van der Waals surface area contributed by atoms with E-state index in [0.717, 1.165) is 5.56 Å². The molecule has 0 aliphatic carbocycles. The second kappa shape index (κ2) is 5.56. The van der Waals surface area contributed by atoms with Crippen LogP contribution >= 0.6 is 0 Å². The number of rotatable bonds is 4. The molecule has 0 saturated heterocycles. The van der Waals surface area contributed by atoms with Gasteiger partial charge in [0.05, 0.1) is 0 Å². The Balaban J connectivity index is 2.15. The van der Waals surface area contributed by atoms with Crippen molar-refractivity contribution in [2.75, 3.05) is 12.3 Å². The molecule has 1 heterocycles. The van der Waals surface area contributed by atoms with E-state index in [-0.39, 0.29) is 5.91 Å². The number of benzene rings is 1. The third-order valence-electron chi connectivity index (χ3n) is 3.02. The van der Waals surface area contributed by atoms with E-state index in [2.05, 4.69) is 5.10 Å². The monoisotopic (exact) mass is 258 g/mol. The smallest absolute Gasteiger partial charge is 0.274 e. The zero-order valence-electron chi connectivity index (χ0n) is 11.2. The number of hydrogen-bond donors (Lipinski definition) is 1. The predicted octanol–water partition coefficient (Wildman–Crippen LogP) is 1.66. The maximum atomic E-state index is 12.3. The molecular weight excluding hydrogens is 240 g/mol. The SMILES string of the molecule is CCN(Cc1ccccc1)C(=O)c1cc(N)n(C)n1. The zero-order valence-corrected chi connectivity index (χ0v) is 11.2. The summed E-state index contributed by atoms with van der Waals surface area (Å²) in [6, 6.07) is 11.5. The fourth-order valence-electron chi connectivity index (χ4n) is 1.88. The summed E-state index contributed by atoms with van der Waals surface area (Å²) in [4.78, 5) is 14.1. The summed E-state index contributed by atoms with van der Waals surface area (Å²) in [6.07, 6.45) is 0. The molecule has 5 heteroatoms. The summed E-state index contributed by atoms with van der Waals surface area (Å²) in [7, 11) is 1.72. The third-order valence-corrected chi connectivity index (χ3v) is 3.02. The molecule has 0 aliphatic rings. The van der Waals surface area contributed by atoms with E-state index in [1.54, 1.807) is 18.0 Å². The minimum absolute atomic E-state index is 0.0985. The van der Waals surface area contributed by atoms with Gasteiger partial charge in [0.2, 0.25) is 0 Å². The summed E-state index contributed by atoms with van der Waals surface area (Å²) in [5.41, 5.74) is 7.19. The lowest BCUT2D eigenvalue weighted by atomic mass is 10.2. The number of hydrogen-bond acceptors (Lipinski definition) is 3. The van der Waals surface area contributed by atoms with E-state index >= 15 is 0 Å². The van der Waals surface area contributed by atoms with E-state index < -0.39 is 0 Å². The van der Waals surface area contributed by atoms with Gasteiger partial charge in [0.25, 0.3) is 5.91 Å². The van der Waals surface area contributed by atoms with Crippen LogP contribution in [0.25, 0.3) is 0 Å². The van der Waals surface area contributed by atoms with Crippen molar-refractivity contribution in [3.8, 4) is 0 Å². The molecule has 0 radical (unpaired) electrons. The number of nitrogen functional groups attached to an aromatic ring is 1. The summed E-state index contributed by atoms with van der Waals surface area (Å²) >= 11 is 0. The van der Waals surface area contributed by atoms with Gasteiger partial charge in [0.1, 0.15) is 5.82 Å². The molecule has 0 saturated carbocycles. The Morgan fingerprint density at radius 1 is 1.37 bits per heavy atom. The maximum Gasteiger partial charge on any atom is 0.274 e. The first kappa shape index (κ1) is 13.1. The van der Waals surface area contributed by atoms with Crippen LogP contribution in [0.5, 0.6) is 0 Å². The molecule has 0 unspecified atom stereocenters. The number of aryl methyl sites for hydroxylation is 1. The van der Waals surface area contributed by atoms with E-state index in [0.29, 0.717) is 24.6 Å². The van der Waals surface area contributed by atoms with E-state index in [1.165, 1.54) is 4.68 Å². The van der Waals surface area contributed by atoms with Crippen molar-refractivity contribution in [2.45, 2.75) is 13.5 Å². The highest BCUT2D eigenvalue weighted by atomic mass is 16.2. The Morgan fingerprint density at radius 3 is 2.58 bits per heavy atom. The van der Waals surface area contributed by atoms with Crippen molar-refractivity contribution >= 4 is 11.7 Å². The van der Waals surface area contributed by atoms with Gasteiger partial charge in [-0.1, -0.05) is 30.3 Å². The molecule has 0 aliphatic heterocycles. The second-order valence-electron chi connectivity index (χ2n) is 4.38. The van der Waals surface area contributed by atoms with E-state index in [9.17, 15) is 4.79 Å². The van der Waals surface area contributed by atoms with Crippen molar-refractivity contribution in [1.82, 2.24) is 14.7 Å². The van der Waals surface area contributed by atoms with Crippen LogP contribution in [-0.2, 0) is 13.6 Å². The first-order valence-corrected chi connectivity index (χ1v) is 6.24. The molecule has 2 aromatic rings. The van der Waals surface area contributed by atoms with Crippen molar-refractivity contribution in [3.63, 3.8) is 0 Å². The number of nitrogens with zero attached hydrogens (tertiary/aromatic N) is 3. The average Bonchev–Trinajstić information content (AvgIpc) is 2.76. The van der Waals surface area contributed by atoms with Crippen LogP contribution in [0.15, 0.2) is 36.4 Å². The molecule has 1 aromatic carbocycles. The van der Waals surface area contributed by atoms with Gasteiger partial charge in [0.15, 0.2) is 5.69 Å². The van der Waals surface area contributed by atoms with Gasteiger partial charge in [-0.2, -0.15) is 5.10 Å². The fourth-order valence-corrected chi connectivity index (χ4v) is 1.88. The first-order valence-electron chi connectivity index (χ1n) is 6.24. The van der Waals surface area contributed by atoms with Gasteiger partial charge < -0.3 is 10.6 Å². The fraction of sp³-hybridized carbons (Fsp3) is 0.286. The van der Waals surface area contributed by atoms with Crippen LogP contribution in [0, 0.1) is 0 Å². The number of amides is 1. The summed E-state index contributed by atoms with van der Waals surface area (Å²) in [6.45, 7) is 3.16. The summed E-state index contributed by atoms with van der Waals surface area (Å²) in [5, 5.41) is 4.12. The van der Waals surface area contributed by atoms with Gasteiger partial charge in [-0.3, -0.25) is 9.48 Å². The molecule has 0 bridgehead atoms. The van der Waals surface area contributed by atoms with Crippen molar-refractivity contribution in [3.05, 3.63) is 47.7 Å². The van der Waals surface area contributed by atoms with Gasteiger partial charge in [-0.05, 0) is 12.5 Å². The molecule has 2 rings (SSSR count). The Labute approximate surface area is 112 Å². The number of carbonyl (C=O) groups excluding carboxylic acids is 1. The topological polar surface area (TPSA) is 64.2 Å². The van der Waals surface area contributed by atoms with Crippen LogP contribution in [0.1, 0.15) is 23.0 Å². The normalized spacial score (nSPS) is 10.4. The van der Waals surface area contributed by atoms with Crippen LogP contribution in [0.3, 0.4) is 0 Å². The lowest BCUT2D eigenvalue weighted by Crippen LogP contribution is -2.30. The summed E-state index contributed by atoms with van der Waals surface area (Å²) in [5.74, 6) is 0.387. The van der Waals surface area contributed by atoms with Gasteiger partial charge >= 0.3 is 0 Å². The molecule has 100 valence electrons. The molecule has 1 amide bonds. The third kappa shape index (κ3) is 2.93. The van der Waals surface area contributed by atoms with E-state index in [4.69, 9.17) is 5.73 Å². The Bertz CT molecular complexity index is 543. The molecule has 1 aromatic heterocycles. The van der Waals surface area contributed by atoms with Crippen molar-refractivity contribution < 1.29 is 4.79 Å². The molecule has 19 heavy (non-hydrogen) atoms. The Kier molecular flexibility index (Phi) is 3.85. The average molecular weight is 258 g/mol. The quantitative estimate of drug-likeness (QED) is 0.907. The lowest BCUT2D eigenvalue weighted by molar-refractivity contribution is 0.0746. The predicted molar refractivity (Wildman–Crippen MR) is 74.5 cm³/mol. The van der Waals surface area contributed by atoms with Crippen molar-refractivity contribution in [2.24, 2.45) is 7.05 Å². The highest BCUT2D eigenvalue weighted by Gasteiger charge is 2.18. The van der Waals surface area contributed by atoms with Crippen molar-refractivity contribution in [1.29, 1.82) is 0 Å². The molecular formula is C14H18N4O. The molecule has 2 N–H and O–H groups in total.